The molecule has 0 unspecified atom stereocenters. The lowest BCUT2D eigenvalue weighted by molar-refractivity contribution is -0.160. The number of phenols is 1. The van der Waals surface area contributed by atoms with Gasteiger partial charge in [-0.05, 0) is 29.8 Å². The van der Waals surface area contributed by atoms with E-state index in [1.165, 1.54) is 49.3 Å². The van der Waals surface area contributed by atoms with Crippen LogP contribution in [-0.2, 0) is 25.8 Å². The van der Waals surface area contributed by atoms with E-state index in [1.807, 2.05) is 0 Å². The van der Waals surface area contributed by atoms with Crippen LogP contribution in [0.4, 0.5) is 10.1 Å². The summed E-state index contributed by atoms with van der Waals surface area (Å²) >= 11 is 0.806. The van der Waals surface area contributed by atoms with Gasteiger partial charge in [-0.25, -0.2) is 17.7 Å². The number of rotatable bonds is 7. The molecule has 4 rings (SSSR count). The minimum atomic E-state index is -3.68. The van der Waals surface area contributed by atoms with Gasteiger partial charge in [0.05, 0.1) is 43.0 Å². The number of pyridine rings is 1. The van der Waals surface area contributed by atoms with Crippen LogP contribution in [0.25, 0.3) is 21.7 Å². The van der Waals surface area contributed by atoms with Crippen LogP contribution < -0.4 is 4.31 Å². The van der Waals surface area contributed by atoms with Crippen LogP contribution in [0, 0.1) is 5.82 Å². The quantitative estimate of drug-likeness (QED) is 0.227. The molecule has 0 saturated heterocycles. The van der Waals surface area contributed by atoms with Crippen LogP contribution in [-0.4, -0.2) is 48.6 Å². The fraction of sp³-hybridized carbons (Fsp3) is 0.190. The second-order valence-electron chi connectivity index (χ2n) is 7.27. The van der Waals surface area contributed by atoms with Crippen molar-refractivity contribution >= 4 is 49.4 Å². The van der Waals surface area contributed by atoms with Crippen LogP contribution >= 0.6 is 12.0 Å². The number of benzene rings is 2. The van der Waals surface area contributed by atoms with Gasteiger partial charge in [0.15, 0.2) is 5.75 Å². The molecule has 0 aliphatic heterocycles. The first-order chi connectivity index (χ1) is 15.6. The lowest BCUT2D eigenvalue weighted by atomic mass is 10.1. The van der Waals surface area contributed by atoms with Crippen LogP contribution in [0.15, 0.2) is 47.6 Å². The van der Waals surface area contributed by atoms with Crippen LogP contribution in [0.1, 0.15) is 5.56 Å². The molecule has 0 atom stereocenters. The molecule has 2 heterocycles. The van der Waals surface area contributed by atoms with Gasteiger partial charge in [-0.15, -0.1) is 0 Å². The standard InChI is InChI=1S/C21H20FN3O6S2/c1-24(33(3,28)29)19-14-5-4-8-23-18(14)20(26)17-15(19)11-25(21(17)27)10-12-6-7-13(22)9-16(12)32-31-30-2/h4-9,11,26-27H,10H2,1-3H3. The van der Waals surface area contributed by atoms with Crippen molar-refractivity contribution in [1.29, 1.82) is 0 Å². The van der Waals surface area contributed by atoms with Crippen LogP contribution in [0.3, 0.4) is 0 Å². The topological polar surface area (TPSA) is 114 Å². The summed E-state index contributed by atoms with van der Waals surface area (Å²) in [6.45, 7) is 0.0709. The third kappa shape index (κ3) is 4.17. The number of anilines is 1. The van der Waals surface area contributed by atoms with Gasteiger partial charge in [-0.2, -0.15) is 4.33 Å². The van der Waals surface area contributed by atoms with E-state index in [2.05, 4.69) is 9.87 Å². The average Bonchev–Trinajstić information content (AvgIpc) is 3.09. The molecule has 2 aromatic heterocycles. The molecule has 0 fully saturated rings. The molecule has 0 amide bonds. The van der Waals surface area contributed by atoms with Gasteiger partial charge in [0.1, 0.15) is 11.3 Å². The van der Waals surface area contributed by atoms with Crippen molar-refractivity contribution in [1.82, 2.24) is 9.55 Å². The van der Waals surface area contributed by atoms with Crippen molar-refractivity contribution < 1.29 is 32.2 Å². The predicted octanol–water partition coefficient (Wildman–Crippen LogP) is 3.77. The lowest BCUT2D eigenvalue weighted by Crippen LogP contribution is -2.25. The zero-order valence-corrected chi connectivity index (χ0v) is 19.4. The third-order valence-electron chi connectivity index (χ3n) is 5.20. The first kappa shape index (κ1) is 23.1. The van der Waals surface area contributed by atoms with Gasteiger partial charge in [-0.1, -0.05) is 6.07 Å². The van der Waals surface area contributed by atoms with E-state index in [4.69, 9.17) is 4.33 Å². The van der Waals surface area contributed by atoms with E-state index >= 15 is 0 Å². The first-order valence-corrected chi connectivity index (χ1v) is 12.1. The number of phenolic OH excluding ortho intramolecular Hbond substituents is 1. The monoisotopic (exact) mass is 493 g/mol. The van der Waals surface area contributed by atoms with Crippen molar-refractivity contribution in [2.45, 2.75) is 11.4 Å². The molecule has 0 saturated carbocycles. The Morgan fingerprint density at radius 3 is 2.70 bits per heavy atom. The van der Waals surface area contributed by atoms with Gasteiger partial charge in [0.2, 0.25) is 15.9 Å². The summed E-state index contributed by atoms with van der Waals surface area (Å²) in [6, 6.07) is 7.33. The summed E-state index contributed by atoms with van der Waals surface area (Å²) in [6.07, 6.45) is 4.05. The Kier molecular flexibility index (Phi) is 6.10. The molecule has 0 radical (unpaired) electrons. The van der Waals surface area contributed by atoms with Crippen molar-refractivity contribution in [3.05, 3.63) is 54.1 Å². The Morgan fingerprint density at radius 2 is 2.00 bits per heavy atom. The van der Waals surface area contributed by atoms with E-state index < -0.39 is 15.8 Å². The summed E-state index contributed by atoms with van der Waals surface area (Å²) < 4.78 is 45.9. The second-order valence-corrected chi connectivity index (χ2v) is 10.0. The highest BCUT2D eigenvalue weighted by Gasteiger charge is 2.26. The number of halogens is 1. The fourth-order valence-corrected chi connectivity index (χ4v) is 4.69. The summed E-state index contributed by atoms with van der Waals surface area (Å²) in [5, 5.41) is 22.6. The van der Waals surface area contributed by atoms with Crippen molar-refractivity contribution in [3.63, 3.8) is 0 Å². The molecule has 0 aliphatic carbocycles. The molecule has 174 valence electrons. The molecule has 2 N–H and O–H groups in total. The largest absolute Gasteiger partial charge is 0.505 e. The smallest absolute Gasteiger partial charge is 0.232 e. The highest BCUT2D eigenvalue weighted by Crippen LogP contribution is 2.46. The summed E-state index contributed by atoms with van der Waals surface area (Å²) in [4.78, 5) is 9.17. The molecule has 33 heavy (non-hydrogen) atoms. The van der Waals surface area contributed by atoms with E-state index in [9.17, 15) is 23.0 Å². The third-order valence-corrected chi connectivity index (χ3v) is 7.14. The lowest BCUT2D eigenvalue weighted by Gasteiger charge is -2.20. The second kappa shape index (κ2) is 8.71. The molecule has 9 nitrogen and oxygen atoms in total. The number of sulfonamides is 1. The molecule has 0 bridgehead atoms. The van der Waals surface area contributed by atoms with E-state index in [-0.39, 0.29) is 34.8 Å². The first-order valence-electron chi connectivity index (χ1n) is 9.54. The highest BCUT2D eigenvalue weighted by atomic mass is 32.2. The Morgan fingerprint density at radius 1 is 1.24 bits per heavy atom. The maximum Gasteiger partial charge on any atom is 0.232 e. The average molecular weight is 494 g/mol. The Bertz CT molecular complexity index is 1470. The fourth-order valence-electron chi connectivity index (χ4n) is 3.62. The maximum absolute atomic E-state index is 13.8. The SMILES string of the molecule is COOSc1cc(F)ccc1Cn1cc2c(N(C)S(C)(=O)=O)c3cccnc3c(O)c2c1O. The predicted molar refractivity (Wildman–Crippen MR) is 123 cm³/mol. The minimum absolute atomic E-state index is 0.0520. The zero-order chi connectivity index (χ0) is 23.9. The zero-order valence-electron chi connectivity index (χ0n) is 17.8. The molecule has 12 heteroatoms. The number of nitrogens with zero attached hydrogens (tertiary/aromatic N) is 3. The van der Waals surface area contributed by atoms with Crippen LogP contribution in [0.5, 0.6) is 11.6 Å². The molecule has 0 spiro atoms. The number of aromatic nitrogens is 2. The van der Waals surface area contributed by atoms with Gasteiger partial charge in [0, 0.05) is 35.1 Å². The van der Waals surface area contributed by atoms with Crippen LogP contribution in [0.2, 0.25) is 0 Å². The summed E-state index contributed by atoms with van der Waals surface area (Å²) in [5.41, 5.74) is 1.00. The summed E-state index contributed by atoms with van der Waals surface area (Å²) in [5.74, 6) is -1.06. The Labute approximate surface area is 193 Å². The molecule has 2 aromatic carbocycles. The molecule has 0 aliphatic rings. The van der Waals surface area contributed by atoms with Crippen molar-refractivity contribution in [2.24, 2.45) is 0 Å². The highest BCUT2D eigenvalue weighted by molar-refractivity contribution is 7.94. The normalized spacial score (nSPS) is 12.0. The molecule has 4 aromatic rings. The Balaban J connectivity index is 1.96. The van der Waals surface area contributed by atoms with Crippen molar-refractivity contribution in [2.75, 3.05) is 24.7 Å². The summed E-state index contributed by atoms with van der Waals surface area (Å²) in [7, 11) is -0.973. The van der Waals surface area contributed by atoms with E-state index in [1.54, 1.807) is 12.1 Å². The van der Waals surface area contributed by atoms with E-state index in [0.29, 0.717) is 21.2 Å². The van der Waals surface area contributed by atoms with Gasteiger partial charge < -0.3 is 14.8 Å². The Hall–Kier alpha value is -3.06. The maximum atomic E-state index is 13.8. The molecular formula is C21H20FN3O6S2. The van der Waals surface area contributed by atoms with Gasteiger partial charge >= 0.3 is 0 Å². The molecular weight excluding hydrogens is 473 g/mol. The number of aromatic hydroxyl groups is 2. The van der Waals surface area contributed by atoms with Crippen molar-refractivity contribution in [3.8, 4) is 11.6 Å². The van der Waals surface area contributed by atoms with Gasteiger partial charge in [0.25, 0.3) is 0 Å². The van der Waals surface area contributed by atoms with E-state index in [0.717, 1.165) is 22.6 Å². The number of fused-ring (bicyclic) bond motifs is 2. The van der Waals surface area contributed by atoms with Gasteiger partial charge in [-0.3, -0.25) is 9.29 Å². The number of hydrogen-bond donors (Lipinski definition) is 2. The minimum Gasteiger partial charge on any atom is -0.505 e. The number of hydrogen-bond acceptors (Lipinski definition) is 8.